The van der Waals surface area contributed by atoms with Crippen LogP contribution < -0.4 is 16.0 Å². The van der Waals surface area contributed by atoms with Gasteiger partial charge in [-0.2, -0.15) is 0 Å². The lowest BCUT2D eigenvalue weighted by Gasteiger charge is -2.44. The van der Waals surface area contributed by atoms with E-state index in [2.05, 4.69) is 36.4 Å². The monoisotopic (exact) mass is 579 g/mol. The molecule has 2 fully saturated rings. The van der Waals surface area contributed by atoms with Crippen molar-refractivity contribution < 1.29 is 28.6 Å². The third kappa shape index (κ3) is 13.2. The van der Waals surface area contributed by atoms with Crippen LogP contribution in [0.1, 0.15) is 125 Å². The first-order valence-electron chi connectivity index (χ1n) is 15.7. The predicted molar refractivity (Wildman–Crippen MR) is 161 cm³/mol. The van der Waals surface area contributed by atoms with Gasteiger partial charge in [-0.05, 0) is 66.2 Å². The van der Waals surface area contributed by atoms with Crippen molar-refractivity contribution in [3.05, 3.63) is 12.7 Å². The van der Waals surface area contributed by atoms with E-state index >= 15 is 0 Å². The Bertz CT molecular complexity index is 856. The van der Waals surface area contributed by atoms with E-state index in [1.807, 2.05) is 19.9 Å². The van der Waals surface area contributed by atoms with Gasteiger partial charge in [-0.15, -0.1) is 6.58 Å². The van der Waals surface area contributed by atoms with Crippen molar-refractivity contribution in [1.29, 1.82) is 0 Å². The first kappa shape index (κ1) is 35.1. The van der Waals surface area contributed by atoms with Crippen molar-refractivity contribution in [1.82, 2.24) is 16.0 Å². The van der Waals surface area contributed by atoms with E-state index in [9.17, 15) is 14.4 Å². The van der Waals surface area contributed by atoms with Crippen molar-refractivity contribution in [2.75, 3.05) is 13.2 Å². The fraction of sp³-hybridized carbons (Fsp3) is 0.844. The highest BCUT2D eigenvalue weighted by molar-refractivity contribution is 5.82. The molecule has 236 valence electrons. The van der Waals surface area contributed by atoms with Crippen LogP contribution in [-0.4, -0.2) is 60.6 Å². The third-order valence-electron chi connectivity index (χ3n) is 7.98. The van der Waals surface area contributed by atoms with E-state index in [0.29, 0.717) is 13.0 Å². The van der Waals surface area contributed by atoms with Gasteiger partial charge in [-0.25, -0.2) is 4.79 Å². The number of ether oxygens (including phenoxy) is 3. The van der Waals surface area contributed by atoms with E-state index in [4.69, 9.17) is 14.2 Å². The molecule has 9 nitrogen and oxygen atoms in total. The van der Waals surface area contributed by atoms with Crippen LogP contribution in [0.5, 0.6) is 0 Å². The molecule has 1 aliphatic heterocycles. The second kappa shape index (κ2) is 16.5. The van der Waals surface area contributed by atoms with Gasteiger partial charge < -0.3 is 30.2 Å². The minimum atomic E-state index is -0.843. The molecule has 2 rings (SSSR count). The number of amides is 3. The van der Waals surface area contributed by atoms with Gasteiger partial charge in [-0.3, -0.25) is 9.59 Å². The van der Waals surface area contributed by atoms with Crippen LogP contribution in [0.2, 0.25) is 0 Å². The number of nitrogens with one attached hydrogen (secondary N) is 3. The standard InChI is InChI=1S/C32H57N3O6/c1-8-9-10-11-12-13-17-21-31(4,5)35-29(38)34-24-18-15-14-16-19-25(24)40-26(36)20-22-33-28(37)27-30(2,3)23-39-32(6,7)41-27/h8,24-25,27H,1,9-23H2,2-7H3,(H,33,37)(H2,34,35,38). The molecular weight excluding hydrogens is 522 g/mol. The summed E-state index contributed by atoms with van der Waals surface area (Å²) in [6.45, 7) is 15.8. The fourth-order valence-electron chi connectivity index (χ4n) is 5.47. The third-order valence-corrected chi connectivity index (χ3v) is 7.98. The van der Waals surface area contributed by atoms with Crippen LogP contribution in [0.4, 0.5) is 4.79 Å². The Labute approximate surface area is 248 Å². The highest BCUT2D eigenvalue weighted by Crippen LogP contribution is 2.34. The number of allylic oxidation sites excluding steroid dienone is 1. The molecule has 3 unspecified atom stereocenters. The highest BCUT2D eigenvalue weighted by atomic mass is 16.7. The van der Waals surface area contributed by atoms with Crippen molar-refractivity contribution in [3.63, 3.8) is 0 Å². The zero-order valence-electron chi connectivity index (χ0n) is 26.6. The normalized spacial score (nSPS) is 24.0. The Morgan fingerprint density at radius 1 is 1.00 bits per heavy atom. The van der Waals surface area contributed by atoms with Gasteiger partial charge in [-0.1, -0.05) is 58.4 Å². The largest absolute Gasteiger partial charge is 0.460 e. The Hall–Kier alpha value is -2.13. The molecule has 41 heavy (non-hydrogen) atoms. The smallest absolute Gasteiger partial charge is 0.315 e. The van der Waals surface area contributed by atoms with Crippen LogP contribution in [-0.2, 0) is 23.8 Å². The summed E-state index contributed by atoms with van der Waals surface area (Å²) in [4.78, 5) is 38.5. The van der Waals surface area contributed by atoms with Gasteiger partial charge in [0.1, 0.15) is 12.2 Å². The summed E-state index contributed by atoms with van der Waals surface area (Å²) in [5.41, 5.74) is -0.807. The fourth-order valence-corrected chi connectivity index (χ4v) is 5.47. The molecule has 0 aromatic rings. The maximum absolute atomic E-state index is 12.9. The second-order valence-corrected chi connectivity index (χ2v) is 13.6. The molecule has 0 spiro atoms. The Morgan fingerprint density at radius 3 is 2.41 bits per heavy atom. The van der Waals surface area contributed by atoms with E-state index < -0.39 is 17.3 Å². The first-order valence-corrected chi connectivity index (χ1v) is 15.7. The van der Waals surface area contributed by atoms with Gasteiger partial charge in [0.15, 0.2) is 5.79 Å². The Kier molecular flexibility index (Phi) is 14.1. The molecule has 2 aliphatic rings. The molecule has 1 saturated carbocycles. The maximum atomic E-state index is 12.9. The molecule has 3 atom stereocenters. The zero-order chi connectivity index (χ0) is 30.5. The molecular formula is C32H57N3O6. The number of hydrogen-bond acceptors (Lipinski definition) is 6. The quantitative estimate of drug-likeness (QED) is 0.0962. The number of hydrogen-bond donors (Lipinski definition) is 3. The predicted octanol–water partition coefficient (Wildman–Crippen LogP) is 5.91. The van der Waals surface area contributed by atoms with Gasteiger partial charge in [0.2, 0.25) is 5.91 Å². The molecule has 0 bridgehead atoms. The summed E-state index contributed by atoms with van der Waals surface area (Å²) < 4.78 is 17.4. The number of carbonyl (C=O) groups is 3. The van der Waals surface area contributed by atoms with Gasteiger partial charge >= 0.3 is 12.0 Å². The number of carbonyl (C=O) groups excluding carboxylic acids is 3. The molecule has 1 aliphatic carbocycles. The molecule has 3 amide bonds. The van der Waals surface area contributed by atoms with Crippen LogP contribution in [0.3, 0.4) is 0 Å². The van der Waals surface area contributed by atoms with Crippen LogP contribution in [0, 0.1) is 5.41 Å². The molecule has 1 heterocycles. The number of esters is 1. The van der Waals surface area contributed by atoms with Gasteiger partial charge in [0.25, 0.3) is 0 Å². The van der Waals surface area contributed by atoms with Crippen LogP contribution >= 0.6 is 0 Å². The van der Waals surface area contributed by atoms with E-state index in [1.54, 1.807) is 13.8 Å². The number of unbranched alkanes of at least 4 members (excludes halogenated alkanes) is 5. The zero-order valence-corrected chi connectivity index (χ0v) is 26.6. The molecule has 0 aromatic heterocycles. The van der Waals surface area contributed by atoms with Crippen molar-refractivity contribution in [3.8, 4) is 0 Å². The number of urea groups is 1. The van der Waals surface area contributed by atoms with Crippen LogP contribution in [0.15, 0.2) is 12.7 Å². The SMILES string of the molecule is C=CCCCCCCCC(C)(C)NC(=O)NC1CCCCCC1OC(=O)CCNC(=O)C1OC(C)(C)OCC1(C)C. The van der Waals surface area contributed by atoms with Crippen LogP contribution in [0.25, 0.3) is 0 Å². The molecule has 9 heteroatoms. The minimum Gasteiger partial charge on any atom is -0.460 e. The molecule has 1 saturated heterocycles. The summed E-state index contributed by atoms with van der Waals surface area (Å²) in [6, 6.07) is -0.460. The topological polar surface area (TPSA) is 115 Å². The summed E-state index contributed by atoms with van der Waals surface area (Å²) in [5.74, 6) is -1.49. The first-order chi connectivity index (χ1) is 19.2. The summed E-state index contributed by atoms with van der Waals surface area (Å²) >= 11 is 0. The highest BCUT2D eigenvalue weighted by Gasteiger charge is 2.45. The summed E-state index contributed by atoms with van der Waals surface area (Å²) in [7, 11) is 0. The maximum Gasteiger partial charge on any atom is 0.315 e. The average Bonchev–Trinajstić information content (AvgIpc) is 3.09. The lowest BCUT2D eigenvalue weighted by molar-refractivity contribution is -0.304. The molecule has 0 aromatic carbocycles. The van der Waals surface area contributed by atoms with Crippen molar-refractivity contribution >= 4 is 17.9 Å². The van der Waals surface area contributed by atoms with E-state index in [1.165, 1.54) is 19.3 Å². The van der Waals surface area contributed by atoms with Gasteiger partial charge in [0.05, 0.1) is 19.1 Å². The minimum absolute atomic E-state index is 0.0504. The van der Waals surface area contributed by atoms with Crippen molar-refractivity contribution in [2.45, 2.75) is 155 Å². The average molecular weight is 580 g/mol. The van der Waals surface area contributed by atoms with Crippen molar-refractivity contribution in [2.24, 2.45) is 5.41 Å². The summed E-state index contributed by atoms with van der Waals surface area (Å²) in [5, 5.41) is 9.05. The molecule has 3 N–H and O–H groups in total. The van der Waals surface area contributed by atoms with E-state index in [-0.39, 0.29) is 48.6 Å². The van der Waals surface area contributed by atoms with E-state index in [0.717, 1.165) is 51.4 Å². The lowest BCUT2D eigenvalue weighted by atomic mass is 9.85. The van der Waals surface area contributed by atoms with Gasteiger partial charge in [0, 0.05) is 17.5 Å². The number of rotatable bonds is 15. The second-order valence-electron chi connectivity index (χ2n) is 13.6. The Morgan fingerprint density at radius 2 is 1.68 bits per heavy atom. The Balaban J connectivity index is 1.78. The lowest BCUT2D eigenvalue weighted by Crippen LogP contribution is -2.56. The molecule has 0 radical (unpaired) electrons. The summed E-state index contributed by atoms with van der Waals surface area (Å²) in [6.07, 6.45) is 13.2.